The lowest BCUT2D eigenvalue weighted by Gasteiger charge is -2.26. The van der Waals surface area contributed by atoms with E-state index in [0.717, 1.165) is 56.6 Å². The number of nitrogens with one attached hydrogen (secondary N) is 8. The zero-order valence-electron chi connectivity index (χ0n) is 50.6. The summed E-state index contributed by atoms with van der Waals surface area (Å²) >= 11 is 1.69. The predicted octanol–water partition coefficient (Wildman–Crippen LogP) is 0.595. The van der Waals surface area contributed by atoms with Gasteiger partial charge in [-0.1, -0.05) is 94.5 Å². The molecule has 0 amide bonds. The first-order valence-corrected chi connectivity index (χ1v) is 32.0. The SMILES string of the molecule is O=C(O)[C@@H]1CN[C@H](C(=O)O)C1.O=C(O)[C@@H]1COCCN1.O=C(O)[C@@H]1COCN1.O=C(O)[C@@H]1CSCCN1.O=C(O)[C@@H]1C[C@@H](C2CCCCC2)CN1.O=C(O)[C@@H]1C[C@@H](c2ccccc2)CN1.O=C(O)[C@@H]1C[C@H](C2CCCCC2)CN1.O=C(O)[C@H]1CN[C@H](C(=O)O)C1. The van der Waals surface area contributed by atoms with Crippen LogP contribution in [-0.4, -0.2) is 243 Å². The van der Waals surface area contributed by atoms with Crippen molar-refractivity contribution in [1.82, 2.24) is 42.5 Å². The van der Waals surface area contributed by atoms with Gasteiger partial charge in [0.2, 0.25) is 0 Å². The summed E-state index contributed by atoms with van der Waals surface area (Å²) in [5, 5.41) is 108. The van der Waals surface area contributed by atoms with Gasteiger partial charge in [0.05, 0.1) is 38.4 Å². The summed E-state index contributed by atoms with van der Waals surface area (Å²) < 4.78 is 9.63. The van der Waals surface area contributed by atoms with E-state index < -0.39 is 95.7 Å². The van der Waals surface area contributed by atoms with Crippen LogP contribution in [0.2, 0.25) is 0 Å². The number of thioether (sulfide) groups is 1. The lowest BCUT2D eigenvalue weighted by Crippen LogP contribution is -2.46. The molecule has 8 aliphatic heterocycles. The molecule has 0 unspecified atom stereocenters. The van der Waals surface area contributed by atoms with E-state index in [1.807, 2.05) is 18.2 Å². The van der Waals surface area contributed by atoms with Crippen LogP contribution >= 0.6 is 11.8 Å². The lowest BCUT2D eigenvalue weighted by atomic mass is 9.79. The van der Waals surface area contributed by atoms with Crippen molar-refractivity contribution in [2.45, 2.75) is 151 Å². The molecule has 0 bridgehead atoms. The van der Waals surface area contributed by atoms with Gasteiger partial charge < -0.3 is 97.8 Å². The summed E-state index contributed by atoms with van der Waals surface area (Å²) in [6.07, 6.45) is 16.2. The Morgan fingerprint density at radius 1 is 0.367 bits per heavy atom. The molecule has 0 aromatic heterocycles. The van der Waals surface area contributed by atoms with E-state index in [-0.39, 0.29) is 63.3 Å². The van der Waals surface area contributed by atoms with Crippen molar-refractivity contribution in [3.05, 3.63) is 35.9 Å². The average molecular weight is 1300 g/mol. The van der Waals surface area contributed by atoms with Gasteiger partial charge in [-0.25, -0.2) is 0 Å². The number of hydrogen-bond acceptors (Lipinski definition) is 21. The molecule has 0 spiro atoms. The van der Waals surface area contributed by atoms with Gasteiger partial charge in [0, 0.05) is 44.2 Å². The van der Waals surface area contributed by atoms with E-state index in [9.17, 15) is 47.9 Å². The summed E-state index contributed by atoms with van der Waals surface area (Å²) in [6, 6.07) is 6.45. The molecule has 1 aromatic carbocycles. The standard InChI is InChI=1S/2C11H19NO2.C11H13NO2.2C6H9NO4.C5H9NO3.C5H9NO2S.C4H7NO3/c3*13-11(14)10-6-9(7-12-10)8-4-2-1-3-5-8;2*8-5(9)3-1-4(6(10)11)7-2-3;2*7-5(8)4-3-9-2-1-6-4;6-4(7)3-1-8-2-5-3/h2*8-10,12H,1-7H2,(H,13,14);1-5,9-10,12H,6-7H2,(H,13,14);2*3-4,7H,1-2H2,(H,8,9)(H,10,11);2*4,6H,1-3H2,(H,7,8);3,5H,1-2H2,(H,6,7)/t9-,10+;9-,10-;9-,10+;3-,4+;3-,4-;2*4-;3-/m10110000/s1. The van der Waals surface area contributed by atoms with Gasteiger partial charge >= 0.3 is 59.7 Å². The fourth-order valence-electron chi connectivity index (χ4n) is 12.0. The van der Waals surface area contributed by atoms with Crippen LogP contribution in [0.1, 0.15) is 108 Å². The van der Waals surface area contributed by atoms with Crippen LogP contribution in [0.5, 0.6) is 0 Å². The van der Waals surface area contributed by atoms with Crippen LogP contribution < -0.4 is 42.5 Å². The molecular weight excluding hydrogens is 1200 g/mol. The third-order valence-corrected chi connectivity index (χ3v) is 18.3. The van der Waals surface area contributed by atoms with Crippen LogP contribution in [-0.2, 0) is 57.4 Å². The molecule has 10 aliphatic rings. The Labute approximate surface area is 526 Å². The summed E-state index contributed by atoms with van der Waals surface area (Å²) in [5.41, 5.74) is 1.23. The largest absolute Gasteiger partial charge is 0.481 e. The topological polar surface area (TPSA) is 488 Å². The van der Waals surface area contributed by atoms with Crippen molar-refractivity contribution in [1.29, 1.82) is 0 Å². The van der Waals surface area contributed by atoms with E-state index in [2.05, 4.69) is 54.7 Å². The molecule has 8 heterocycles. The Hall–Kier alpha value is -6.13. The molecule has 1 aromatic rings. The highest BCUT2D eigenvalue weighted by atomic mass is 32.2. The summed E-state index contributed by atoms with van der Waals surface area (Å²) in [7, 11) is 0. The van der Waals surface area contributed by atoms with Crippen molar-refractivity contribution in [3.63, 3.8) is 0 Å². The number of morpholine rings is 1. The molecule has 13 atom stereocenters. The number of carboxylic acids is 10. The summed E-state index contributed by atoms with van der Waals surface area (Å²) in [4.78, 5) is 104. The van der Waals surface area contributed by atoms with Crippen molar-refractivity contribution < 1.29 is 108 Å². The first-order chi connectivity index (χ1) is 42.9. The minimum atomic E-state index is -0.978. The molecule has 8 saturated heterocycles. The molecular formula is C59H94N8O22S. The summed E-state index contributed by atoms with van der Waals surface area (Å²) in [6.45, 7) is 6.12. The molecule has 11 rings (SSSR count). The number of ether oxygens (including phenoxy) is 2. The van der Waals surface area contributed by atoms with E-state index in [0.29, 0.717) is 49.8 Å². The zero-order chi connectivity index (χ0) is 66.1. The predicted molar refractivity (Wildman–Crippen MR) is 324 cm³/mol. The second-order valence-corrected chi connectivity index (χ2v) is 24.8. The van der Waals surface area contributed by atoms with Crippen molar-refractivity contribution in [2.75, 3.05) is 83.9 Å². The molecule has 18 N–H and O–H groups in total. The fourth-order valence-corrected chi connectivity index (χ4v) is 12.9. The van der Waals surface area contributed by atoms with Gasteiger partial charge in [0.15, 0.2) is 0 Å². The minimum absolute atomic E-state index is 0.185. The molecule has 2 saturated carbocycles. The number of hydrogen-bond donors (Lipinski definition) is 18. The Morgan fingerprint density at radius 3 is 1.06 bits per heavy atom. The van der Waals surface area contributed by atoms with Gasteiger partial charge in [0.1, 0.15) is 48.3 Å². The van der Waals surface area contributed by atoms with Gasteiger partial charge in [-0.2, -0.15) is 11.8 Å². The highest BCUT2D eigenvalue weighted by Crippen LogP contribution is 2.35. The molecule has 508 valence electrons. The number of rotatable bonds is 13. The Morgan fingerprint density at radius 2 is 0.756 bits per heavy atom. The number of carbonyl (C=O) groups is 10. The maximum absolute atomic E-state index is 10.8. The zero-order valence-corrected chi connectivity index (χ0v) is 51.4. The van der Waals surface area contributed by atoms with Crippen LogP contribution in [0, 0.1) is 35.5 Å². The number of carboxylic acid groups (broad SMARTS) is 10. The third-order valence-electron chi connectivity index (χ3n) is 17.3. The first-order valence-electron chi connectivity index (χ1n) is 30.9. The fraction of sp³-hybridized carbons (Fsp3) is 0.729. The Balaban J connectivity index is 0.000000221. The number of benzene rings is 1. The maximum Gasteiger partial charge on any atom is 0.323 e. The second kappa shape index (κ2) is 41.4. The Bertz CT molecular complexity index is 2250. The van der Waals surface area contributed by atoms with Gasteiger partial charge in [0.25, 0.3) is 0 Å². The van der Waals surface area contributed by atoms with E-state index in [1.54, 1.807) is 11.8 Å². The van der Waals surface area contributed by atoms with Crippen LogP contribution in [0.15, 0.2) is 30.3 Å². The smallest absolute Gasteiger partial charge is 0.323 e. The number of aliphatic carboxylic acids is 10. The quantitative estimate of drug-likeness (QED) is 0.129. The Kier molecular flexibility index (Phi) is 35.1. The molecule has 31 heteroatoms. The van der Waals surface area contributed by atoms with Gasteiger partial charge in [-0.15, -0.1) is 0 Å². The van der Waals surface area contributed by atoms with Crippen molar-refractivity contribution in [3.8, 4) is 0 Å². The van der Waals surface area contributed by atoms with Crippen molar-refractivity contribution >= 4 is 71.5 Å². The molecule has 10 fully saturated rings. The highest BCUT2D eigenvalue weighted by Gasteiger charge is 2.37. The second-order valence-electron chi connectivity index (χ2n) is 23.6. The minimum Gasteiger partial charge on any atom is -0.481 e. The monoisotopic (exact) mass is 1300 g/mol. The van der Waals surface area contributed by atoms with E-state index in [4.69, 9.17) is 60.5 Å². The van der Waals surface area contributed by atoms with Gasteiger partial charge in [-0.05, 0) is 80.3 Å². The van der Waals surface area contributed by atoms with Crippen LogP contribution in [0.4, 0.5) is 0 Å². The van der Waals surface area contributed by atoms with E-state index in [1.165, 1.54) is 69.8 Å². The maximum atomic E-state index is 10.8. The molecule has 2 aliphatic carbocycles. The molecule has 90 heavy (non-hydrogen) atoms. The van der Waals surface area contributed by atoms with Crippen molar-refractivity contribution in [2.24, 2.45) is 35.5 Å². The van der Waals surface area contributed by atoms with Gasteiger partial charge in [-0.3, -0.25) is 53.3 Å². The highest BCUT2D eigenvalue weighted by molar-refractivity contribution is 7.99. The molecule has 30 nitrogen and oxygen atoms in total. The van der Waals surface area contributed by atoms with E-state index >= 15 is 0 Å². The third kappa shape index (κ3) is 28.2. The van der Waals surface area contributed by atoms with Crippen LogP contribution in [0.25, 0.3) is 0 Å². The first kappa shape index (κ1) is 76.3. The molecule has 0 radical (unpaired) electrons. The van der Waals surface area contributed by atoms with Crippen LogP contribution in [0.3, 0.4) is 0 Å². The lowest BCUT2D eigenvalue weighted by molar-refractivity contribution is -0.143. The average Bonchev–Trinajstić information content (AvgIpc) is 4.55. The normalized spacial score (nSPS) is 30.3. The summed E-state index contributed by atoms with van der Waals surface area (Å²) in [5.74, 6) is -4.52.